The summed E-state index contributed by atoms with van der Waals surface area (Å²) in [4.78, 5) is 34.0. The average molecular weight is 538 g/mol. The van der Waals surface area contributed by atoms with E-state index in [1.807, 2.05) is 30.3 Å². The van der Waals surface area contributed by atoms with E-state index in [0.717, 1.165) is 35.2 Å². The molecule has 0 bridgehead atoms. The molecule has 0 fully saturated rings. The zero-order valence-corrected chi connectivity index (χ0v) is 22.0. The van der Waals surface area contributed by atoms with Gasteiger partial charge >= 0.3 is 0 Å². The summed E-state index contributed by atoms with van der Waals surface area (Å²) < 4.78 is 6.83. The van der Waals surface area contributed by atoms with Gasteiger partial charge in [-0.2, -0.15) is 0 Å². The second-order valence-corrected chi connectivity index (χ2v) is 10.9. The smallest absolute Gasteiger partial charge is 0.263 e. The van der Waals surface area contributed by atoms with E-state index in [1.54, 1.807) is 40.2 Å². The van der Waals surface area contributed by atoms with Crippen LogP contribution in [0, 0.1) is 0 Å². The number of methoxy groups -OCH3 is 1. The first-order valence-corrected chi connectivity index (χ1v) is 13.6. The Kier molecular flexibility index (Phi) is 7.18. The lowest BCUT2D eigenvalue weighted by Crippen LogP contribution is -2.25. The van der Waals surface area contributed by atoms with Gasteiger partial charge in [-0.25, -0.2) is 4.98 Å². The van der Waals surface area contributed by atoms with Crippen LogP contribution >= 0.6 is 34.7 Å². The Bertz CT molecular complexity index is 1510. The summed E-state index contributed by atoms with van der Waals surface area (Å²) in [5.74, 6) is 0.276. The number of anilines is 1. The van der Waals surface area contributed by atoms with Crippen molar-refractivity contribution in [1.29, 1.82) is 0 Å². The molecule has 2 aromatic heterocycles. The minimum absolute atomic E-state index is 0.0732. The third-order valence-electron chi connectivity index (χ3n) is 6.08. The average Bonchev–Trinajstić information content (AvgIpc) is 3.46. The topological polar surface area (TPSA) is 73.2 Å². The van der Waals surface area contributed by atoms with E-state index in [2.05, 4.69) is 11.9 Å². The molecule has 0 radical (unpaired) electrons. The van der Waals surface area contributed by atoms with E-state index in [1.165, 1.54) is 23.7 Å². The van der Waals surface area contributed by atoms with Crippen molar-refractivity contribution >= 4 is 56.5 Å². The van der Waals surface area contributed by atoms with E-state index >= 15 is 0 Å². The molecule has 2 aromatic carbocycles. The number of allylic oxidation sites excluding steroid dienone is 1. The van der Waals surface area contributed by atoms with Crippen LogP contribution in [0.15, 0.2) is 71.1 Å². The van der Waals surface area contributed by atoms with Crippen molar-refractivity contribution in [2.45, 2.75) is 36.2 Å². The van der Waals surface area contributed by atoms with Crippen LogP contribution in [0.4, 0.5) is 5.69 Å². The third kappa shape index (κ3) is 4.68. The van der Waals surface area contributed by atoms with Crippen LogP contribution in [0.1, 0.15) is 27.7 Å². The Hall–Kier alpha value is -3.07. The number of aromatic nitrogens is 2. The molecule has 4 aromatic rings. The van der Waals surface area contributed by atoms with E-state index < -0.39 is 5.25 Å². The number of amides is 1. The zero-order valence-electron chi connectivity index (χ0n) is 19.6. The monoisotopic (exact) mass is 537 g/mol. The fourth-order valence-corrected chi connectivity index (χ4v) is 7.06. The Balaban J connectivity index is 1.55. The van der Waals surface area contributed by atoms with Gasteiger partial charge in [0.2, 0.25) is 5.91 Å². The lowest BCUT2D eigenvalue weighted by molar-refractivity contribution is -0.115. The number of thiophene rings is 1. The van der Waals surface area contributed by atoms with Gasteiger partial charge in [0.25, 0.3) is 5.56 Å². The van der Waals surface area contributed by atoms with Crippen molar-refractivity contribution in [3.63, 3.8) is 0 Å². The van der Waals surface area contributed by atoms with Gasteiger partial charge < -0.3 is 10.1 Å². The van der Waals surface area contributed by atoms with Crippen LogP contribution in [0.25, 0.3) is 10.2 Å². The molecule has 2 heterocycles. The van der Waals surface area contributed by atoms with E-state index in [-0.39, 0.29) is 11.5 Å². The van der Waals surface area contributed by atoms with Gasteiger partial charge in [0.1, 0.15) is 15.8 Å². The van der Waals surface area contributed by atoms with Gasteiger partial charge in [-0.3, -0.25) is 14.2 Å². The number of benzene rings is 2. The van der Waals surface area contributed by atoms with Crippen molar-refractivity contribution in [3.8, 4) is 5.75 Å². The summed E-state index contributed by atoms with van der Waals surface area (Å²) >= 11 is 9.11. The summed E-state index contributed by atoms with van der Waals surface area (Å²) in [6.07, 6.45) is 4.65. The highest BCUT2D eigenvalue weighted by atomic mass is 35.5. The molecule has 1 unspecified atom stereocenters. The van der Waals surface area contributed by atoms with Gasteiger partial charge in [0, 0.05) is 17.1 Å². The molecule has 9 heteroatoms. The predicted octanol–water partition coefficient (Wildman–Crippen LogP) is 6.27. The van der Waals surface area contributed by atoms with E-state index in [9.17, 15) is 9.59 Å². The summed E-state index contributed by atoms with van der Waals surface area (Å²) in [6, 6.07) is 14.6. The Morgan fingerprint density at radius 1 is 1.31 bits per heavy atom. The number of fused-ring (bicyclic) bond motifs is 3. The second kappa shape index (κ2) is 10.5. The highest BCUT2D eigenvalue weighted by molar-refractivity contribution is 8.00. The molecule has 1 atom stereocenters. The van der Waals surface area contributed by atoms with Gasteiger partial charge in [-0.05, 0) is 48.6 Å². The number of thioether (sulfide) groups is 1. The molecule has 1 amide bonds. The Morgan fingerprint density at radius 2 is 2.11 bits per heavy atom. The largest absolute Gasteiger partial charge is 0.495 e. The zero-order chi connectivity index (χ0) is 25.2. The highest BCUT2D eigenvalue weighted by Crippen LogP contribution is 2.39. The Morgan fingerprint density at radius 3 is 2.83 bits per heavy atom. The number of nitrogens with zero attached hydrogens (tertiary/aromatic N) is 2. The van der Waals surface area contributed by atoms with Crippen molar-refractivity contribution < 1.29 is 9.53 Å². The molecule has 0 saturated heterocycles. The number of ether oxygens (including phenoxy) is 1. The number of rotatable bonds is 8. The lowest BCUT2D eigenvalue weighted by atomic mass is 10.1. The summed E-state index contributed by atoms with van der Waals surface area (Å²) in [5, 5.41) is 3.91. The summed E-state index contributed by atoms with van der Waals surface area (Å²) in [5.41, 5.74) is 2.41. The number of halogens is 1. The van der Waals surface area contributed by atoms with E-state index in [4.69, 9.17) is 21.3 Å². The van der Waals surface area contributed by atoms with Crippen molar-refractivity contribution in [3.05, 3.63) is 92.6 Å². The van der Waals surface area contributed by atoms with Crippen molar-refractivity contribution in [2.24, 2.45) is 0 Å². The molecule has 1 aliphatic carbocycles. The van der Waals surface area contributed by atoms with Crippen LogP contribution in [0.5, 0.6) is 5.75 Å². The van der Waals surface area contributed by atoms with Gasteiger partial charge in [0.15, 0.2) is 5.16 Å². The molecule has 184 valence electrons. The highest BCUT2D eigenvalue weighted by Gasteiger charge is 2.28. The number of carbonyl (C=O) groups is 1. The molecule has 0 spiro atoms. The summed E-state index contributed by atoms with van der Waals surface area (Å²) in [7, 11) is 1.54. The SMILES string of the molecule is C=CCn1c(SC(C(=O)Nc2ccc(OC)c(Cl)c2)c2ccccc2)nc2sc3c(c2c1=O)CCC3. The van der Waals surface area contributed by atoms with Crippen LogP contribution in [0.2, 0.25) is 5.02 Å². The Labute approximate surface area is 222 Å². The first-order valence-electron chi connectivity index (χ1n) is 11.5. The molecule has 36 heavy (non-hydrogen) atoms. The minimum Gasteiger partial charge on any atom is -0.495 e. The fraction of sp³-hybridized carbons (Fsp3) is 0.222. The maximum atomic E-state index is 13.6. The quantitative estimate of drug-likeness (QED) is 0.163. The van der Waals surface area contributed by atoms with Gasteiger partial charge in [-0.1, -0.05) is 59.8 Å². The van der Waals surface area contributed by atoms with Crippen LogP contribution in [0.3, 0.4) is 0 Å². The standard InChI is InChI=1S/C27H24ClN3O3S2/c1-3-14-31-26(33)22-18-10-7-11-21(18)35-25(22)30-27(31)36-23(16-8-5-4-6-9-16)24(32)29-17-12-13-20(34-2)19(28)15-17/h3-6,8-9,12-13,15,23H,1,7,10-11,14H2,2H3,(H,29,32). The lowest BCUT2D eigenvalue weighted by Gasteiger charge is -2.19. The van der Waals surface area contributed by atoms with Crippen LogP contribution in [-0.2, 0) is 24.2 Å². The fourth-order valence-electron chi connectivity index (χ4n) is 4.40. The van der Waals surface area contributed by atoms with E-state index in [0.29, 0.717) is 33.5 Å². The van der Waals surface area contributed by atoms with Gasteiger partial charge in [-0.15, -0.1) is 17.9 Å². The number of nitrogens with one attached hydrogen (secondary N) is 1. The van der Waals surface area contributed by atoms with Crippen LogP contribution in [-0.4, -0.2) is 22.6 Å². The molecule has 5 rings (SSSR count). The van der Waals surface area contributed by atoms with Crippen LogP contribution < -0.4 is 15.6 Å². The molecule has 0 aliphatic heterocycles. The molecule has 6 nitrogen and oxygen atoms in total. The third-order valence-corrected chi connectivity index (χ3v) is 8.81. The predicted molar refractivity (Wildman–Crippen MR) is 148 cm³/mol. The normalized spacial score (nSPS) is 13.4. The molecular weight excluding hydrogens is 514 g/mol. The first kappa shape index (κ1) is 24.6. The van der Waals surface area contributed by atoms with Crippen molar-refractivity contribution in [1.82, 2.24) is 9.55 Å². The van der Waals surface area contributed by atoms with Gasteiger partial charge in [0.05, 0.1) is 17.5 Å². The number of hydrogen-bond acceptors (Lipinski definition) is 6. The molecule has 1 N–H and O–H groups in total. The number of carbonyl (C=O) groups excluding carboxylic acids is 1. The second-order valence-electron chi connectivity index (χ2n) is 8.38. The molecule has 1 aliphatic rings. The minimum atomic E-state index is -0.653. The maximum absolute atomic E-state index is 13.6. The number of hydrogen-bond donors (Lipinski definition) is 1. The molecule has 0 saturated carbocycles. The first-order chi connectivity index (χ1) is 17.5. The molecular formula is C27H24ClN3O3S2. The summed E-state index contributed by atoms with van der Waals surface area (Å²) in [6.45, 7) is 4.14. The maximum Gasteiger partial charge on any atom is 0.263 e. The van der Waals surface area contributed by atoms with Crippen molar-refractivity contribution in [2.75, 3.05) is 12.4 Å². The number of aryl methyl sites for hydroxylation is 2.